The molecule has 0 radical (unpaired) electrons. The van der Waals surface area contributed by atoms with Crippen molar-refractivity contribution in [2.45, 2.75) is 32.1 Å². The molecule has 0 aromatic heterocycles. The smallest absolute Gasteiger partial charge is 0.319 e. The maximum Gasteiger partial charge on any atom is 0.319 e. The SMILES string of the molecule is O=C(NCCC(=O)N1CCCC1)Nc1ccccc1N1CCCC1. The second kappa shape index (κ2) is 8.04. The van der Waals surface area contributed by atoms with E-state index in [9.17, 15) is 9.59 Å². The van der Waals surface area contributed by atoms with Gasteiger partial charge in [-0.1, -0.05) is 12.1 Å². The largest absolute Gasteiger partial charge is 0.370 e. The molecule has 6 nitrogen and oxygen atoms in total. The molecule has 2 fully saturated rings. The van der Waals surface area contributed by atoms with Crippen molar-refractivity contribution < 1.29 is 9.59 Å². The first kappa shape index (κ1) is 16.6. The van der Waals surface area contributed by atoms with E-state index >= 15 is 0 Å². The topological polar surface area (TPSA) is 64.7 Å². The lowest BCUT2D eigenvalue weighted by Crippen LogP contribution is -2.35. The minimum absolute atomic E-state index is 0.130. The summed E-state index contributed by atoms with van der Waals surface area (Å²) in [5.74, 6) is 0.130. The van der Waals surface area contributed by atoms with Gasteiger partial charge in [-0.15, -0.1) is 0 Å². The molecule has 0 aliphatic carbocycles. The Morgan fingerprint density at radius 1 is 0.958 bits per heavy atom. The third-order valence-electron chi connectivity index (χ3n) is 4.68. The summed E-state index contributed by atoms with van der Waals surface area (Å²) >= 11 is 0. The predicted molar refractivity (Wildman–Crippen MR) is 95.3 cm³/mol. The second-order valence-electron chi connectivity index (χ2n) is 6.43. The van der Waals surface area contributed by atoms with Gasteiger partial charge in [0.05, 0.1) is 11.4 Å². The van der Waals surface area contributed by atoms with Gasteiger partial charge in [-0.2, -0.15) is 0 Å². The summed E-state index contributed by atoms with van der Waals surface area (Å²) in [7, 11) is 0. The summed E-state index contributed by atoms with van der Waals surface area (Å²) in [5, 5.41) is 5.70. The Balaban J connectivity index is 1.47. The molecule has 24 heavy (non-hydrogen) atoms. The molecular weight excluding hydrogens is 304 g/mol. The fourth-order valence-corrected chi connectivity index (χ4v) is 3.39. The third kappa shape index (κ3) is 4.19. The van der Waals surface area contributed by atoms with Crippen LogP contribution < -0.4 is 15.5 Å². The minimum atomic E-state index is -0.254. The Morgan fingerprint density at radius 2 is 1.62 bits per heavy atom. The van der Waals surface area contributed by atoms with Crippen LogP contribution in [0.15, 0.2) is 24.3 Å². The van der Waals surface area contributed by atoms with E-state index in [4.69, 9.17) is 0 Å². The molecule has 2 aliphatic rings. The normalized spacial score (nSPS) is 17.2. The first-order chi connectivity index (χ1) is 11.7. The van der Waals surface area contributed by atoms with Crippen LogP contribution in [0.25, 0.3) is 0 Å². The van der Waals surface area contributed by atoms with Crippen LogP contribution in [0.1, 0.15) is 32.1 Å². The van der Waals surface area contributed by atoms with E-state index in [0.29, 0.717) is 13.0 Å². The van der Waals surface area contributed by atoms with Crippen LogP contribution in [0, 0.1) is 0 Å². The highest BCUT2D eigenvalue weighted by Gasteiger charge is 2.18. The van der Waals surface area contributed by atoms with Gasteiger partial charge in [0, 0.05) is 39.1 Å². The Bertz CT molecular complexity index is 578. The van der Waals surface area contributed by atoms with Gasteiger partial charge in [-0.3, -0.25) is 4.79 Å². The van der Waals surface area contributed by atoms with Crippen molar-refractivity contribution in [1.29, 1.82) is 0 Å². The number of hydrogen-bond acceptors (Lipinski definition) is 3. The van der Waals surface area contributed by atoms with Crippen molar-refractivity contribution in [2.75, 3.05) is 42.9 Å². The quantitative estimate of drug-likeness (QED) is 0.871. The van der Waals surface area contributed by atoms with Crippen LogP contribution in [-0.2, 0) is 4.79 Å². The van der Waals surface area contributed by atoms with Gasteiger partial charge in [0.15, 0.2) is 0 Å². The van der Waals surface area contributed by atoms with Gasteiger partial charge in [-0.25, -0.2) is 4.79 Å². The second-order valence-corrected chi connectivity index (χ2v) is 6.43. The molecule has 0 bridgehead atoms. The van der Waals surface area contributed by atoms with E-state index in [1.165, 1.54) is 12.8 Å². The van der Waals surface area contributed by atoms with E-state index in [-0.39, 0.29) is 11.9 Å². The van der Waals surface area contributed by atoms with Crippen molar-refractivity contribution in [1.82, 2.24) is 10.2 Å². The molecule has 2 N–H and O–H groups in total. The molecule has 0 saturated carbocycles. The van der Waals surface area contributed by atoms with Gasteiger partial charge >= 0.3 is 6.03 Å². The van der Waals surface area contributed by atoms with Gasteiger partial charge < -0.3 is 20.4 Å². The number of urea groups is 1. The maximum atomic E-state index is 12.1. The molecule has 130 valence electrons. The van der Waals surface area contributed by atoms with Crippen molar-refractivity contribution in [2.24, 2.45) is 0 Å². The number of nitrogens with one attached hydrogen (secondary N) is 2. The standard InChI is InChI=1S/C18H26N4O2/c23-17(22-13-5-6-14-22)9-10-19-18(24)20-15-7-1-2-8-16(15)21-11-3-4-12-21/h1-2,7-8H,3-6,9-14H2,(H2,19,20,24). The monoisotopic (exact) mass is 330 g/mol. The van der Waals surface area contributed by atoms with Crippen LogP contribution in [0.5, 0.6) is 0 Å². The lowest BCUT2D eigenvalue weighted by Gasteiger charge is -2.21. The zero-order valence-electron chi connectivity index (χ0n) is 14.1. The summed E-state index contributed by atoms with van der Waals surface area (Å²) < 4.78 is 0. The number of carbonyl (C=O) groups is 2. The predicted octanol–water partition coefficient (Wildman–Crippen LogP) is 2.42. The van der Waals surface area contributed by atoms with E-state index < -0.39 is 0 Å². The van der Waals surface area contributed by atoms with Crippen molar-refractivity contribution in [3.05, 3.63) is 24.3 Å². The molecule has 0 unspecified atom stereocenters. The summed E-state index contributed by atoms with van der Waals surface area (Å²) in [4.78, 5) is 28.3. The number of nitrogens with zero attached hydrogens (tertiary/aromatic N) is 2. The first-order valence-corrected chi connectivity index (χ1v) is 8.90. The van der Waals surface area contributed by atoms with E-state index in [1.54, 1.807) is 0 Å². The molecule has 2 heterocycles. The molecule has 3 rings (SSSR count). The van der Waals surface area contributed by atoms with Crippen LogP contribution in [0.4, 0.5) is 16.2 Å². The van der Waals surface area contributed by atoms with Crippen LogP contribution >= 0.6 is 0 Å². The highest BCUT2D eigenvalue weighted by Crippen LogP contribution is 2.28. The number of para-hydroxylation sites is 2. The molecular formula is C18H26N4O2. The summed E-state index contributed by atoms with van der Waals surface area (Å²) in [6, 6.07) is 7.62. The van der Waals surface area contributed by atoms with E-state index in [2.05, 4.69) is 15.5 Å². The summed E-state index contributed by atoms with van der Waals surface area (Å²) in [6.07, 6.45) is 4.93. The third-order valence-corrected chi connectivity index (χ3v) is 4.68. The molecule has 2 saturated heterocycles. The molecule has 6 heteroatoms. The van der Waals surface area contributed by atoms with Gasteiger partial charge in [0.25, 0.3) is 0 Å². The summed E-state index contributed by atoms with van der Waals surface area (Å²) in [6.45, 7) is 4.14. The first-order valence-electron chi connectivity index (χ1n) is 8.90. The average Bonchev–Trinajstić information content (AvgIpc) is 3.29. The van der Waals surface area contributed by atoms with Crippen molar-refractivity contribution in [3.63, 3.8) is 0 Å². The molecule has 1 aromatic rings. The zero-order chi connectivity index (χ0) is 16.8. The Morgan fingerprint density at radius 3 is 2.38 bits per heavy atom. The fraction of sp³-hybridized carbons (Fsp3) is 0.556. The van der Waals surface area contributed by atoms with E-state index in [1.807, 2.05) is 29.2 Å². The van der Waals surface area contributed by atoms with Gasteiger partial charge in [-0.05, 0) is 37.8 Å². The lowest BCUT2D eigenvalue weighted by molar-refractivity contribution is -0.129. The van der Waals surface area contributed by atoms with E-state index in [0.717, 1.165) is 50.4 Å². The number of anilines is 2. The summed E-state index contributed by atoms with van der Waals surface area (Å²) in [5.41, 5.74) is 1.89. The van der Waals surface area contributed by atoms with Crippen molar-refractivity contribution in [3.8, 4) is 0 Å². The van der Waals surface area contributed by atoms with Crippen LogP contribution in [0.3, 0.4) is 0 Å². The van der Waals surface area contributed by atoms with Gasteiger partial charge in [0.2, 0.25) is 5.91 Å². The molecule has 2 aliphatic heterocycles. The molecule has 1 aromatic carbocycles. The minimum Gasteiger partial charge on any atom is -0.370 e. The molecule has 3 amide bonds. The zero-order valence-corrected chi connectivity index (χ0v) is 14.1. The lowest BCUT2D eigenvalue weighted by atomic mass is 10.2. The Labute approximate surface area is 143 Å². The van der Waals surface area contributed by atoms with Crippen molar-refractivity contribution >= 4 is 23.3 Å². The Hall–Kier alpha value is -2.24. The fourth-order valence-electron chi connectivity index (χ4n) is 3.39. The number of likely N-dealkylation sites (tertiary alicyclic amines) is 1. The average molecular weight is 330 g/mol. The number of benzene rings is 1. The molecule has 0 atom stereocenters. The number of carbonyl (C=O) groups excluding carboxylic acids is 2. The van der Waals surface area contributed by atoms with Gasteiger partial charge in [0.1, 0.15) is 0 Å². The van der Waals surface area contributed by atoms with Crippen LogP contribution in [-0.4, -0.2) is 49.6 Å². The number of rotatable bonds is 5. The highest BCUT2D eigenvalue weighted by atomic mass is 16.2. The Kier molecular flexibility index (Phi) is 5.56. The number of hydrogen-bond donors (Lipinski definition) is 2. The number of amides is 3. The van der Waals surface area contributed by atoms with Crippen LogP contribution in [0.2, 0.25) is 0 Å². The molecule has 0 spiro atoms. The maximum absolute atomic E-state index is 12.1. The highest BCUT2D eigenvalue weighted by molar-refractivity contribution is 5.93.